The van der Waals surface area contributed by atoms with E-state index in [1.54, 1.807) is 0 Å². The average Bonchev–Trinajstić information content (AvgIpc) is 1.64. The van der Waals surface area contributed by atoms with Gasteiger partial charge in [-0.05, 0) is 6.92 Å². The summed E-state index contributed by atoms with van der Waals surface area (Å²) in [6, 6.07) is 0. The molecule has 0 heterocycles. The van der Waals surface area contributed by atoms with E-state index in [4.69, 9.17) is 11.6 Å². The fourth-order valence-corrected chi connectivity index (χ4v) is 0.150. The van der Waals surface area contributed by atoms with E-state index in [0.717, 1.165) is 6.92 Å². The maximum absolute atomic E-state index is 11.6. The standard InChI is InChI=1S/C4H4ClF3/c1-2(6)3(5)4(7)8/h4H,1H3. The zero-order valence-electron chi connectivity index (χ0n) is 4.09. The minimum absolute atomic E-state index is 0.883. The molecular weight excluding hydrogens is 140 g/mol. The Morgan fingerprint density at radius 3 is 1.88 bits per heavy atom. The van der Waals surface area contributed by atoms with Gasteiger partial charge in [-0.15, -0.1) is 0 Å². The van der Waals surface area contributed by atoms with E-state index >= 15 is 0 Å². The maximum atomic E-state index is 11.6. The third kappa shape index (κ3) is 2.21. The monoisotopic (exact) mass is 144 g/mol. The van der Waals surface area contributed by atoms with E-state index in [-0.39, 0.29) is 0 Å². The molecule has 0 atom stereocenters. The Morgan fingerprint density at radius 1 is 1.50 bits per heavy atom. The molecular formula is C4H4ClF3. The number of hydrogen-bond donors (Lipinski definition) is 0. The first-order valence-corrected chi connectivity index (χ1v) is 2.23. The highest BCUT2D eigenvalue weighted by atomic mass is 35.5. The second-order valence-electron chi connectivity index (χ2n) is 1.18. The lowest BCUT2D eigenvalue weighted by molar-refractivity contribution is 0.195. The van der Waals surface area contributed by atoms with E-state index in [9.17, 15) is 13.2 Å². The van der Waals surface area contributed by atoms with Crippen LogP contribution in [0.4, 0.5) is 13.2 Å². The van der Waals surface area contributed by atoms with Crippen LogP contribution in [-0.4, -0.2) is 6.43 Å². The highest BCUT2D eigenvalue weighted by Crippen LogP contribution is 2.17. The van der Waals surface area contributed by atoms with Crippen LogP contribution in [0.3, 0.4) is 0 Å². The van der Waals surface area contributed by atoms with Crippen LogP contribution >= 0.6 is 11.6 Å². The fraction of sp³-hybridized carbons (Fsp3) is 0.500. The summed E-state index contributed by atoms with van der Waals surface area (Å²) < 4.78 is 34.1. The molecule has 0 nitrogen and oxygen atoms in total. The summed E-state index contributed by atoms with van der Waals surface area (Å²) in [7, 11) is 0. The van der Waals surface area contributed by atoms with Gasteiger partial charge in [0.05, 0.1) is 0 Å². The Bertz CT molecular complexity index is 104. The normalized spacial score (nSPS) is 14.2. The molecule has 0 aliphatic heterocycles. The molecule has 0 amide bonds. The van der Waals surface area contributed by atoms with Gasteiger partial charge >= 0.3 is 0 Å². The highest BCUT2D eigenvalue weighted by molar-refractivity contribution is 6.30. The summed E-state index contributed by atoms with van der Waals surface area (Å²) in [6.07, 6.45) is -2.89. The van der Waals surface area contributed by atoms with Crippen LogP contribution in [0.25, 0.3) is 0 Å². The first-order valence-electron chi connectivity index (χ1n) is 1.85. The van der Waals surface area contributed by atoms with Gasteiger partial charge in [-0.25, -0.2) is 13.2 Å². The van der Waals surface area contributed by atoms with Crippen molar-refractivity contribution in [3.63, 3.8) is 0 Å². The van der Waals surface area contributed by atoms with Gasteiger partial charge < -0.3 is 0 Å². The van der Waals surface area contributed by atoms with Crippen LogP contribution < -0.4 is 0 Å². The summed E-state index contributed by atoms with van der Waals surface area (Å²) >= 11 is 4.71. The van der Waals surface area contributed by atoms with Gasteiger partial charge in [0, 0.05) is 0 Å². The predicted octanol–water partition coefficient (Wildman–Crippen LogP) is 2.69. The molecule has 0 saturated carbocycles. The van der Waals surface area contributed by atoms with Gasteiger partial charge in [0.15, 0.2) is 0 Å². The number of hydrogen-bond acceptors (Lipinski definition) is 0. The number of rotatable bonds is 1. The van der Waals surface area contributed by atoms with Crippen molar-refractivity contribution in [1.82, 2.24) is 0 Å². The largest absolute Gasteiger partial charge is 0.276 e. The van der Waals surface area contributed by atoms with Crippen LogP contribution in [0, 0.1) is 0 Å². The smallest absolute Gasteiger partial charge is 0.211 e. The van der Waals surface area contributed by atoms with E-state index in [2.05, 4.69) is 0 Å². The molecule has 0 aromatic carbocycles. The summed E-state index contributed by atoms with van der Waals surface area (Å²) in [4.78, 5) is 0. The summed E-state index contributed by atoms with van der Waals surface area (Å²) in [5.41, 5.74) is 0. The van der Waals surface area contributed by atoms with Crippen molar-refractivity contribution in [3.05, 3.63) is 10.9 Å². The molecule has 0 rings (SSSR count). The lowest BCUT2D eigenvalue weighted by Gasteiger charge is -1.92. The summed E-state index contributed by atoms with van der Waals surface area (Å²) in [6.45, 7) is 0.883. The van der Waals surface area contributed by atoms with Gasteiger partial charge in [-0.2, -0.15) is 0 Å². The van der Waals surface area contributed by atoms with Crippen LogP contribution in [0.5, 0.6) is 0 Å². The molecule has 8 heavy (non-hydrogen) atoms. The number of halogens is 4. The fourth-order valence-electron chi connectivity index (χ4n) is 0.150. The molecule has 0 aliphatic rings. The molecule has 0 unspecified atom stereocenters. The van der Waals surface area contributed by atoms with Crippen molar-refractivity contribution < 1.29 is 13.2 Å². The third-order valence-corrected chi connectivity index (χ3v) is 0.946. The minimum atomic E-state index is -2.89. The van der Waals surface area contributed by atoms with Gasteiger partial charge in [0.25, 0.3) is 6.43 Å². The molecule has 4 heteroatoms. The molecule has 0 spiro atoms. The second-order valence-corrected chi connectivity index (χ2v) is 1.59. The maximum Gasteiger partial charge on any atom is 0.276 e. The van der Waals surface area contributed by atoms with Crippen molar-refractivity contribution >= 4 is 11.6 Å². The molecule has 48 valence electrons. The Balaban J connectivity index is 4.00. The molecule has 0 bridgehead atoms. The van der Waals surface area contributed by atoms with Crippen molar-refractivity contribution in [2.24, 2.45) is 0 Å². The molecule has 0 radical (unpaired) electrons. The van der Waals surface area contributed by atoms with Crippen LogP contribution in [-0.2, 0) is 0 Å². The summed E-state index contributed by atoms with van der Waals surface area (Å²) in [5.74, 6) is -1.03. The van der Waals surface area contributed by atoms with Gasteiger partial charge in [-0.1, -0.05) is 11.6 Å². The Hall–Kier alpha value is -0.180. The number of allylic oxidation sites excluding steroid dienone is 2. The Morgan fingerprint density at radius 2 is 1.88 bits per heavy atom. The predicted molar refractivity (Wildman–Crippen MR) is 25.7 cm³/mol. The van der Waals surface area contributed by atoms with Crippen LogP contribution in [0.15, 0.2) is 10.9 Å². The summed E-state index contributed by atoms with van der Waals surface area (Å²) in [5, 5.41) is -1.01. The van der Waals surface area contributed by atoms with Gasteiger partial charge in [-0.3, -0.25) is 0 Å². The molecule has 0 saturated heterocycles. The molecule has 0 N–H and O–H groups in total. The van der Waals surface area contributed by atoms with Gasteiger partial charge in [0.1, 0.15) is 10.9 Å². The molecule has 0 fully saturated rings. The quantitative estimate of drug-likeness (QED) is 0.531. The van der Waals surface area contributed by atoms with E-state index in [1.165, 1.54) is 0 Å². The highest BCUT2D eigenvalue weighted by Gasteiger charge is 2.10. The molecule has 0 aromatic rings. The van der Waals surface area contributed by atoms with E-state index in [0.29, 0.717) is 0 Å². The van der Waals surface area contributed by atoms with Gasteiger partial charge in [0.2, 0.25) is 0 Å². The van der Waals surface area contributed by atoms with Crippen molar-refractivity contribution in [3.8, 4) is 0 Å². The number of alkyl halides is 2. The SMILES string of the molecule is CC(F)=C(Cl)C(F)F. The van der Waals surface area contributed by atoms with Crippen molar-refractivity contribution in [2.45, 2.75) is 13.3 Å². The second kappa shape index (κ2) is 2.97. The zero-order chi connectivity index (χ0) is 6.73. The first kappa shape index (κ1) is 7.82. The van der Waals surface area contributed by atoms with Crippen molar-refractivity contribution in [2.75, 3.05) is 0 Å². The first-order chi connectivity index (χ1) is 3.55. The van der Waals surface area contributed by atoms with Crippen LogP contribution in [0.1, 0.15) is 6.92 Å². The Labute approximate surface area is 49.9 Å². The third-order valence-electron chi connectivity index (χ3n) is 0.521. The minimum Gasteiger partial charge on any atom is -0.211 e. The van der Waals surface area contributed by atoms with E-state index in [1.807, 2.05) is 0 Å². The lowest BCUT2D eigenvalue weighted by atomic mass is 10.5. The van der Waals surface area contributed by atoms with Crippen LogP contribution in [0.2, 0.25) is 0 Å². The molecule has 0 aliphatic carbocycles. The lowest BCUT2D eigenvalue weighted by Crippen LogP contribution is -1.89. The topological polar surface area (TPSA) is 0 Å². The van der Waals surface area contributed by atoms with Crippen molar-refractivity contribution in [1.29, 1.82) is 0 Å². The zero-order valence-corrected chi connectivity index (χ0v) is 4.85. The van der Waals surface area contributed by atoms with E-state index < -0.39 is 17.3 Å². The molecule has 0 aromatic heterocycles. The average molecular weight is 145 g/mol. The Kier molecular flexibility index (Phi) is 2.90.